The summed E-state index contributed by atoms with van der Waals surface area (Å²) in [6, 6.07) is 6.00. The molecule has 4 N–H and O–H groups in total. The topological polar surface area (TPSA) is 92.4 Å². The number of nitrogens with one attached hydrogen (secondary N) is 1. The van der Waals surface area contributed by atoms with Gasteiger partial charge >= 0.3 is 5.97 Å². The Labute approximate surface area is 121 Å². The van der Waals surface area contributed by atoms with Crippen molar-refractivity contribution < 1.29 is 14.7 Å². The molecule has 0 saturated carbocycles. The van der Waals surface area contributed by atoms with E-state index in [2.05, 4.69) is 21.2 Å². The fourth-order valence-electron chi connectivity index (χ4n) is 1.49. The van der Waals surface area contributed by atoms with Gasteiger partial charge in [-0.1, -0.05) is 0 Å². The zero-order chi connectivity index (χ0) is 14.0. The van der Waals surface area contributed by atoms with E-state index in [9.17, 15) is 9.59 Å². The second-order valence-electron chi connectivity index (χ2n) is 3.66. The van der Waals surface area contributed by atoms with Crippen LogP contribution in [0.4, 0.5) is 11.4 Å². The van der Waals surface area contributed by atoms with Crippen LogP contribution >= 0.6 is 27.3 Å². The maximum atomic E-state index is 12.0. The molecule has 2 aromatic rings. The molecular weight excluding hydrogens is 332 g/mol. The summed E-state index contributed by atoms with van der Waals surface area (Å²) in [5.41, 5.74) is 6.16. The summed E-state index contributed by atoms with van der Waals surface area (Å²) >= 11 is 4.51. The van der Waals surface area contributed by atoms with E-state index in [-0.39, 0.29) is 17.2 Å². The van der Waals surface area contributed by atoms with E-state index in [4.69, 9.17) is 10.8 Å². The highest BCUT2D eigenvalue weighted by molar-refractivity contribution is 9.10. The second kappa shape index (κ2) is 5.41. The first-order chi connectivity index (χ1) is 8.99. The van der Waals surface area contributed by atoms with Gasteiger partial charge in [0, 0.05) is 10.2 Å². The lowest BCUT2D eigenvalue weighted by Gasteiger charge is -2.08. The average molecular weight is 341 g/mol. The van der Waals surface area contributed by atoms with E-state index >= 15 is 0 Å². The van der Waals surface area contributed by atoms with Crippen molar-refractivity contribution in [2.75, 3.05) is 11.1 Å². The van der Waals surface area contributed by atoms with Crippen molar-refractivity contribution in [3.8, 4) is 0 Å². The van der Waals surface area contributed by atoms with Gasteiger partial charge in [0.15, 0.2) is 0 Å². The van der Waals surface area contributed by atoms with Gasteiger partial charge in [-0.05, 0) is 45.6 Å². The highest BCUT2D eigenvalue weighted by Crippen LogP contribution is 2.25. The fraction of sp³-hybridized carbons (Fsp3) is 0. The van der Waals surface area contributed by atoms with Crippen LogP contribution in [0.3, 0.4) is 0 Å². The number of nitrogens with two attached hydrogens (primary N) is 1. The predicted octanol–water partition coefficient (Wildman–Crippen LogP) is 3.04. The summed E-state index contributed by atoms with van der Waals surface area (Å²) in [4.78, 5) is 23.6. The molecule has 0 atom stereocenters. The maximum Gasteiger partial charge on any atom is 0.337 e. The minimum absolute atomic E-state index is 0.00442. The molecule has 0 spiro atoms. The summed E-state index contributed by atoms with van der Waals surface area (Å²) in [6.07, 6.45) is 0. The summed E-state index contributed by atoms with van der Waals surface area (Å²) in [5, 5.41) is 13.4. The third-order valence-electron chi connectivity index (χ3n) is 2.35. The number of amides is 1. The number of rotatable bonds is 3. The van der Waals surface area contributed by atoms with Gasteiger partial charge in [0.1, 0.15) is 4.88 Å². The highest BCUT2D eigenvalue weighted by atomic mass is 79.9. The molecule has 0 unspecified atom stereocenters. The van der Waals surface area contributed by atoms with E-state index < -0.39 is 5.97 Å². The Morgan fingerprint density at radius 3 is 2.63 bits per heavy atom. The van der Waals surface area contributed by atoms with Crippen LogP contribution in [0, 0.1) is 0 Å². The number of carbonyl (C=O) groups is 2. The Hall–Kier alpha value is -1.86. The Morgan fingerprint density at radius 1 is 1.32 bits per heavy atom. The monoisotopic (exact) mass is 340 g/mol. The van der Waals surface area contributed by atoms with Gasteiger partial charge in [0.2, 0.25) is 0 Å². The molecule has 5 nitrogen and oxygen atoms in total. The molecule has 0 aliphatic heterocycles. The van der Waals surface area contributed by atoms with Gasteiger partial charge in [-0.25, -0.2) is 4.79 Å². The lowest BCUT2D eigenvalue weighted by Crippen LogP contribution is -2.14. The lowest BCUT2D eigenvalue weighted by molar-refractivity contribution is 0.0698. The minimum Gasteiger partial charge on any atom is -0.478 e. The second-order valence-corrected chi connectivity index (χ2v) is 5.43. The van der Waals surface area contributed by atoms with E-state index in [1.54, 1.807) is 11.4 Å². The van der Waals surface area contributed by atoms with E-state index in [1.165, 1.54) is 29.5 Å². The van der Waals surface area contributed by atoms with Gasteiger partial charge in [0.05, 0.1) is 11.3 Å². The zero-order valence-corrected chi connectivity index (χ0v) is 11.9. The van der Waals surface area contributed by atoms with Crippen LogP contribution in [0.15, 0.2) is 34.1 Å². The number of benzene rings is 1. The lowest BCUT2D eigenvalue weighted by atomic mass is 10.1. The van der Waals surface area contributed by atoms with Crippen LogP contribution in [0.5, 0.6) is 0 Å². The van der Waals surface area contributed by atoms with E-state index in [0.29, 0.717) is 15.0 Å². The van der Waals surface area contributed by atoms with Crippen molar-refractivity contribution in [2.24, 2.45) is 0 Å². The van der Waals surface area contributed by atoms with Crippen molar-refractivity contribution in [1.29, 1.82) is 0 Å². The number of carboxylic acid groups (broad SMARTS) is 1. The van der Waals surface area contributed by atoms with Crippen LogP contribution in [-0.4, -0.2) is 17.0 Å². The van der Waals surface area contributed by atoms with Crippen LogP contribution in [0.1, 0.15) is 20.0 Å². The van der Waals surface area contributed by atoms with Crippen molar-refractivity contribution in [2.45, 2.75) is 0 Å². The quantitative estimate of drug-likeness (QED) is 0.748. The first-order valence-corrected chi connectivity index (χ1v) is 6.83. The number of nitrogen functional groups attached to an aromatic ring is 1. The molecule has 7 heteroatoms. The standard InChI is InChI=1S/C12H9BrN2O3S/c13-8-3-4-19-10(8)11(16)15-9-5-6(14)1-2-7(9)12(17)18/h1-5H,14H2,(H,15,16)(H,17,18). The largest absolute Gasteiger partial charge is 0.478 e. The van der Waals surface area contributed by atoms with Crippen LogP contribution in [0.2, 0.25) is 0 Å². The third-order valence-corrected chi connectivity index (χ3v) is 4.18. The van der Waals surface area contributed by atoms with Gasteiger partial charge in [-0.15, -0.1) is 11.3 Å². The summed E-state index contributed by atoms with van der Waals surface area (Å²) in [7, 11) is 0. The number of aromatic carboxylic acids is 1. The molecule has 0 saturated heterocycles. The van der Waals surface area contributed by atoms with Crippen LogP contribution in [-0.2, 0) is 0 Å². The Bertz CT molecular complexity index is 654. The summed E-state index contributed by atoms with van der Waals surface area (Å²) < 4.78 is 0.663. The van der Waals surface area contributed by atoms with Crippen LogP contribution in [0.25, 0.3) is 0 Å². The third kappa shape index (κ3) is 2.94. The molecule has 0 aliphatic carbocycles. The van der Waals surface area contributed by atoms with Gasteiger partial charge in [-0.3, -0.25) is 4.79 Å². The summed E-state index contributed by atoms with van der Waals surface area (Å²) in [6.45, 7) is 0. The minimum atomic E-state index is -1.12. The molecule has 1 amide bonds. The van der Waals surface area contributed by atoms with Gasteiger partial charge in [0.25, 0.3) is 5.91 Å². The molecule has 0 aliphatic rings. The van der Waals surface area contributed by atoms with Crippen molar-refractivity contribution in [3.05, 3.63) is 44.6 Å². The molecule has 19 heavy (non-hydrogen) atoms. The molecule has 1 aromatic carbocycles. The van der Waals surface area contributed by atoms with Crippen molar-refractivity contribution in [1.82, 2.24) is 0 Å². The van der Waals surface area contributed by atoms with Crippen molar-refractivity contribution in [3.63, 3.8) is 0 Å². The Kier molecular flexibility index (Phi) is 3.87. The fourth-order valence-corrected chi connectivity index (χ4v) is 2.93. The number of hydrogen-bond donors (Lipinski definition) is 3. The molecule has 0 fully saturated rings. The smallest absolute Gasteiger partial charge is 0.337 e. The highest BCUT2D eigenvalue weighted by Gasteiger charge is 2.16. The average Bonchev–Trinajstić information content (AvgIpc) is 2.75. The van der Waals surface area contributed by atoms with Crippen molar-refractivity contribution >= 4 is 50.5 Å². The van der Waals surface area contributed by atoms with E-state index in [1.807, 2.05) is 0 Å². The number of thiophene rings is 1. The van der Waals surface area contributed by atoms with Gasteiger partial charge < -0.3 is 16.2 Å². The maximum absolute atomic E-state index is 12.0. The molecule has 98 valence electrons. The molecule has 1 heterocycles. The number of anilines is 2. The van der Waals surface area contributed by atoms with Gasteiger partial charge in [-0.2, -0.15) is 0 Å². The molecule has 1 aromatic heterocycles. The molecule has 2 rings (SSSR count). The molecular formula is C12H9BrN2O3S. The Balaban J connectivity index is 2.33. The molecule has 0 radical (unpaired) electrons. The number of carbonyl (C=O) groups excluding carboxylic acids is 1. The number of halogens is 1. The zero-order valence-electron chi connectivity index (χ0n) is 9.51. The van der Waals surface area contributed by atoms with E-state index in [0.717, 1.165) is 0 Å². The van der Waals surface area contributed by atoms with Crippen LogP contribution < -0.4 is 11.1 Å². The predicted molar refractivity (Wildman–Crippen MR) is 77.8 cm³/mol. The first kappa shape index (κ1) is 13.6. The Morgan fingerprint density at radius 2 is 2.05 bits per heavy atom. The number of carboxylic acids is 1. The number of hydrogen-bond acceptors (Lipinski definition) is 4. The summed E-state index contributed by atoms with van der Waals surface area (Å²) in [5.74, 6) is -1.50. The SMILES string of the molecule is Nc1ccc(C(=O)O)c(NC(=O)c2sccc2Br)c1. The normalized spacial score (nSPS) is 10.2. The molecule has 0 bridgehead atoms. The first-order valence-electron chi connectivity index (χ1n) is 5.16.